The second-order valence-electron chi connectivity index (χ2n) is 1.42. The fourth-order valence-corrected chi connectivity index (χ4v) is 0.622. The van der Waals surface area contributed by atoms with Crippen LogP contribution in [0.2, 0.25) is 0 Å². The average molecular weight is 179 g/mol. The van der Waals surface area contributed by atoms with E-state index in [0.29, 0.717) is 11.8 Å². The summed E-state index contributed by atoms with van der Waals surface area (Å²) in [6.07, 6.45) is 0.315. The monoisotopic (exact) mass is 178 g/mol. The lowest BCUT2D eigenvalue weighted by molar-refractivity contribution is -0.135. The maximum atomic E-state index is 10.4. The lowest BCUT2D eigenvalue weighted by Crippen LogP contribution is -2.08. The van der Waals surface area contributed by atoms with E-state index in [9.17, 15) is 9.59 Å². The first-order chi connectivity index (χ1) is 3.68. The molecule has 3 heteroatoms. The van der Waals surface area contributed by atoms with Crippen LogP contribution in [0.4, 0.5) is 0 Å². The summed E-state index contributed by atoms with van der Waals surface area (Å²) in [4.78, 5) is 20.5. The van der Waals surface area contributed by atoms with E-state index in [4.69, 9.17) is 0 Å². The smallest absolute Gasteiger partial charge is 0.198 e. The molecule has 0 spiro atoms. The van der Waals surface area contributed by atoms with Crippen LogP contribution < -0.4 is 0 Å². The largest absolute Gasteiger partial charge is 0.291 e. The zero-order chi connectivity index (χ0) is 6.57. The molecule has 0 aliphatic rings. The van der Waals surface area contributed by atoms with E-state index >= 15 is 0 Å². The van der Waals surface area contributed by atoms with E-state index in [1.54, 1.807) is 0 Å². The minimum absolute atomic E-state index is 0.304. The Balaban J connectivity index is 3.49. The maximum Gasteiger partial charge on any atom is 0.198 e. The number of rotatable bonds is 3. The molecule has 0 N–H and O–H groups in total. The van der Waals surface area contributed by atoms with E-state index in [-0.39, 0.29) is 11.6 Å². The van der Waals surface area contributed by atoms with Gasteiger partial charge in [-0.05, 0) is 0 Å². The number of ketones is 2. The van der Waals surface area contributed by atoms with Gasteiger partial charge in [-0.15, -0.1) is 0 Å². The van der Waals surface area contributed by atoms with Crippen LogP contribution in [0.25, 0.3) is 0 Å². The molecule has 0 saturated heterocycles. The lowest BCUT2D eigenvalue weighted by atomic mass is 10.2. The van der Waals surface area contributed by atoms with Crippen LogP contribution in [0.1, 0.15) is 13.3 Å². The first kappa shape index (κ1) is 7.82. The molecule has 0 saturated carbocycles. The van der Waals surface area contributed by atoms with Gasteiger partial charge in [0.05, 0.1) is 0 Å². The summed E-state index contributed by atoms with van der Waals surface area (Å²) in [5.41, 5.74) is 0. The van der Waals surface area contributed by atoms with Crippen LogP contribution in [0.5, 0.6) is 0 Å². The molecule has 0 radical (unpaired) electrons. The summed E-state index contributed by atoms with van der Waals surface area (Å²) in [5.74, 6) is -0.661. The topological polar surface area (TPSA) is 34.1 Å². The van der Waals surface area contributed by atoms with E-state index in [2.05, 4.69) is 15.9 Å². The van der Waals surface area contributed by atoms with Gasteiger partial charge in [0.15, 0.2) is 11.6 Å². The normalized spacial score (nSPS) is 8.75. The van der Waals surface area contributed by atoms with Crippen molar-refractivity contribution in [2.75, 3.05) is 5.33 Å². The van der Waals surface area contributed by atoms with Crippen molar-refractivity contribution in [3.63, 3.8) is 0 Å². The molecule has 0 aromatic rings. The summed E-state index contributed by atoms with van der Waals surface area (Å²) in [7, 11) is 0. The van der Waals surface area contributed by atoms with E-state index in [1.807, 2.05) is 0 Å². The van der Waals surface area contributed by atoms with Gasteiger partial charge < -0.3 is 0 Å². The fraction of sp³-hybridized carbons (Fsp3) is 0.600. The number of carbonyl (C=O) groups excluding carboxylic acids is 2. The molecular formula is C5H7BrO2. The Hall–Kier alpha value is -0.180. The zero-order valence-corrected chi connectivity index (χ0v) is 6.19. The highest BCUT2D eigenvalue weighted by molar-refractivity contribution is 9.09. The van der Waals surface area contributed by atoms with E-state index in [0.717, 1.165) is 0 Å². The third-order valence-corrected chi connectivity index (χ3v) is 1.11. The zero-order valence-electron chi connectivity index (χ0n) is 4.61. The predicted octanol–water partition coefficient (Wildman–Crippen LogP) is 0.929. The molecule has 0 aromatic heterocycles. The Morgan fingerprint density at radius 1 is 1.50 bits per heavy atom. The van der Waals surface area contributed by atoms with E-state index in [1.165, 1.54) is 6.92 Å². The molecule has 0 bridgehead atoms. The minimum Gasteiger partial charge on any atom is -0.291 e. The molecule has 0 unspecified atom stereocenters. The second-order valence-corrected chi connectivity index (χ2v) is 2.21. The van der Waals surface area contributed by atoms with Gasteiger partial charge in [0.2, 0.25) is 0 Å². The highest BCUT2D eigenvalue weighted by Gasteiger charge is 2.04. The van der Waals surface area contributed by atoms with Crippen LogP contribution in [-0.2, 0) is 9.59 Å². The Kier molecular flexibility index (Phi) is 3.69. The number of Topliss-reactive ketones (excluding diaryl/α,β-unsaturated/α-hetero) is 2. The Morgan fingerprint density at radius 2 is 2.00 bits per heavy atom. The molecule has 0 heterocycles. The van der Waals surface area contributed by atoms with Gasteiger partial charge in [-0.2, -0.15) is 0 Å². The van der Waals surface area contributed by atoms with Gasteiger partial charge in [-0.1, -0.05) is 15.9 Å². The van der Waals surface area contributed by atoms with Crippen molar-refractivity contribution in [2.24, 2.45) is 0 Å². The van der Waals surface area contributed by atoms with Crippen molar-refractivity contribution in [1.29, 1.82) is 0 Å². The molecule has 0 aliphatic carbocycles. The van der Waals surface area contributed by atoms with Crippen molar-refractivity contribution in [3.8, 4) is 0 Å². The van der Waals surface area contributed by atoms with Gasteiger partial charge in [-0.3, -0.25) is 9.59 Å². The highest BCUT2D eigenvalue weighted by atomic mass is 79.9. The summed E-state index contributed by atoms with van der Waals surface area (Å²) in [5, 5.41) is 0.575. The Labute approximate surface area is 56.4 Å². The maximum absolute atomic E-state index is 10.4. The average Bonchev–Trinajstić information content (AvgIpc) is 1.67. The molecule has 2 nitrogen and oxygen atoms in total. The predicted molar refractivity (Wildman–Crippen MR) is 34.1 cm³/mol. The lowest BCUT2D eigenvalue weighted by Gasteiger charge is -1.86. The van der Waals surface area contributed by atoms with Crippen LogP contribution in [0.3, 0.4) is 0 Å². The second kappa shape index (κ2) is 3.78. The molecule has 0 amide bonds. The van der Waals surface area contributed by atoms with Crippen molar-refractivity contribution in [3.05, 3.63) is 0 Å². The molecule has 8 heavy (non-hydrogen) atoms. The molecule has 46 valence electrons. The Morgan fingerprint density at radius 3 is 2.12 bits per heavy atom. The summed E-state index contributed by atoms with van der Waals surface area (Å²) < 4.78 is 0. The quantitative estimate of drug-likeness (QED) is 0.477. The fourth-order valence-electron chi connectivity index (χ4n) is 0.262. The minimum atomic E-state index is -0.357. The number of halogens is 1. The molecule has 0 atom stereocenters. The first-order valence-corrected chi connectivity index (χ1v) is 3.40. The Bertz CT molecular complexity index is 109. The molecule has 0 fully saturated rings. The van der Waals surface area contributed by atoms with Crippen LogP contribution >= 0.6 is 15.9 Å². The van der Waals surface area contributed by atoms with Crippen LogP contribution in [0, 0.1) is 0 Å². The van der Waals surface area contributed by atoms with E-state index < -0.39 is 0 Å². The van der Waals surface area contributed by atoms with Gasteiger partial charge in [-0.25, -0.2) is 0 Å². The third kappa shape index (κ3) is 2.91. The number of hydrogen-bond acceptors (Lipinski definition) is 2. The summed E-state index contributed by atoms with van der Waals surface area (Å²) >= 11 is 3.05. The number of alkyl halides is 1. The summed E-state index contributed by atoms with van der Waals surface area (Å²) in [6, 6.07) is 0. The van der Waals surface area contributed by atoms with Gasteiger partial charge in [0, 0.05) is 18.7 Å². The SMILES string of the molecule is CC(=O)C(=O)CCBr. The van der Waals surface area contributed by atoms with Gasteiger partial charge >= 0.3 is 0 Å². The van der Waals surface area contributed by atoms with Crippen LogP contribution in [0.15, 0.2) is 0 Å². The number of carbonyl (C=O) groups is 2. The van der Waals surface area contributed by atoms with Crippen LogP contribution in [-0.4, -0.2) is 16.9 Å². The number of hydrogen-bond donors (Lipinski definition) is 0. The van der Waals surface area contributed by atoms with Crippen molar-refractivity contribution < 1.29 is 9.59 Å². The third-order valence-electron chi connectivity index (χ3n) is 0.714. The van der Waals surface area contributed by atoms with Gasteiger partial charge in [0.25, 0.3) is 0 Å². The van der Waals surface area contributed by atoms with Crippen molar-refractivity contribution in [1.82, 2.24) is 0 Å². The van der Waals surface area contributed by atoms with Crippen molar-refractivity contribution in [2.45, 2.75) is 13.3 Å². The highest BCUT2D eigenvalue weighted by Crippen LogP contribution is 1.89. The first-order valence-electron chi connectivity index (χ1n) is 2.28. The van der Waals surface area contributed by atoms with Gasteiger partial charge in [0.1, 0.15) is 0 Å². The summed E-state index contributed by atoms with van der Waals surface area (Å²) in [6.45, 7) is 1.28. The molecular weight excluding hydrogens is 172 g/mol. The molecule has 0 rings (SSSR count). The van der Waals surface area contributed by atoms with Crippen molar-refractivity contribution >= 4 is 27.5 Å². The molecule has 0 aliphatic heterocycles. The standard InChI is InChI=1S/C5H7BrO2/c1-4(7)5(8)2-3-6/h2-3H2,1H3. The molecule has 0 aromatic carbocycles.